The molecule has 0 aliphatic heterocycles. The van der Waals surface area contributed by atoms with Crippen LogP contribution in [0.2, 0.25) is 5.02 Å². The van der Waals surface area contributed by atoms with Crippen LogP contribution in [0, 0.1) is 5.92 Å². The van der Waals surface area contributed by atoms with E-state index in [0.29, 0.717) is 16.4 Å². The van der Waals surface area contributed by atoms with E-state index in [9.17, 15) is 9.00 Å². The predicted octanol–water partition coefficient (Wildman–Crippen LogP) is 3.04. The molecule has 3 N–H and O–H groups in total. The summed E-state index contributed by atoms with van der Waals surface area (Å²) in [6, 6.07) is 4.85. The van der Waals surface area contributed by atoms with Gasteiger partial charge in [-0.25, -0.2) is 0 Å². The van der Waals surface area contributed by atoms with Gasteiger partial charge in [0, 0.05) is 21.1 Å². The van der Waals surface area contributed by atoms with E-state index >= 15 is 0 Å². The lowest BCUT2D eigenvalue weighted by atomic mass is 10.2. The standard InChI is InChI=1S/C14H21ClN2O2S/c1-8(2)9(3)20(19)10(4)14(18)17-13-7-11(15)5-6-12(13)16/h5-10H,16H2,1-4H3,(H,17,18). The molecule has 20 heavy (non-hydrogen) atoms. The fourth-order valence-corrected chi connectivity index (χ4v) is 3.19. The lowest BCUT2D eigenvalue weighted by Gasteiger charge is -2.20. The minimum atomic E-state index is -1.24. The summed E-state index contributed by atoms with van der Waals surface area (Å²) >= 11 is 5.87. The molecule has 0 bridgehead atoms. The molecule has 1 aromatic rings. The fourth-order valence-electron chi connectivity index (χ4n) is 1.57. The van der Waals surface area contributed by atoms with E-state index in [1.165, 1.54) is 0 Å². The molecule has 6 heteroatoms. The molecule has 0 aliphatic carbocycles. The van der Waals surface area contributed by atoms with Gasteiger partial charge in [-0.2, -0.15) is 0 Å². The molecule has 0 saturated heterocycles. The van der Waals surface area contributed by atoms with E-state index in [4.69, 9.17) is 17.3 Å². The third-order valence-electron chi connectivity index (χ3n) is 3.30. The summed E-state index contributed by atoms with van der Waals surface area (Å²) in [4.78, 5) is 12.1. The van der Waals surface area contributed by atoms with Crippen LogP contribution in [0.5, 0.6) is 0 Å². The van der Waals surface area contributed by atoms with Crippen LogP contribution in [0.15, 0.2) is 18.2 Å². The second kappa shape index (κ2) is 7.09. The number of carbonyl (C=O) groups is 1. The molecule has 0 saturated carbocycles. The summed E-state index contributed by atoms with van der Waals surface area (Å²) in [6.07, 6.45) is 0. The van der Waals surface area contributed by atoms with Crippen molar-refractivity contribution in [2.24, 2.45) is 5.92 Å². The second-order valence-corrected chi connectivity index (χ2v) is 7.68. The Morgan fingerprint density at radius 3 is 2.45 bits per heavy atom. The number of amides is 1. The summed E-state index contributed by atoms with van der Waals surface area (Å²) in [7, 11) is -1.24. The lowest BCUT2D eigenvalue weighted by molar-refractivity contribution is -0.115. The molecule has 1 rings (SSSR count). The van der Waals surface area contributed by atoms with E-state index in [1.807, 2.05) is 20.8 Å². The van der Waals surface area contributed by atoms with E-state index in [1.54, 1.807) is 25.1 Å². The lowest BCUT2D eigenvalue weighted by Crippen LogP contribution is -2.35. The topological polar surface area (TPSA) is 72.2 Å². The molecule has 0 aliphatic rings. The van der Waals surface area contributed by atoms with Gasteiger partial charge in [-0.1, -0.05) is 32.4 Å². The Morgan fingerprint density at radius 1 is 1.30 bits per heavy atom. The van der Waals surface area contributed by atoms with Gasteiger partial charge in [0.1, 0.15) is 5.25 Å². The Bertz CT molecular complexity index is 520. The Morgan fingerprint density at radius 2 is 1.90 bits per heavy atom. The van der Waals surface area contributed by atoms with Crippen LogP contribution in [0.3, 0.4) is 0 Å². The van der Waals surface area contributed by atoms with Gasteiger partial charge < -0.3 is 11.1 Å². The van der Waals surface area contributed by atoms with Crippen molar-refractivity contribution in [3.63, 3.8) is 0 Å². The molecule has 0 aromatic heterocycles. The molecule has 0 heterocycles. The highest BCUT2D eigenvalue weighted by atomic mass is 35.5. The maximum Gasteiger partial charge on any atom is 0.239 e. The fraction of sp³-hybridized carbons (Fsp3) is 0.500. The summed E-state index contributed by atoms with van der Waals surface area (Å²) in [6.45, 7) is 7.52. The van der Waals surface area contributed by atoms with E-state index in [0.717, 1.165) is 0 Å². The van der Waals surface area contributed by atoms with Crippen molar-refractivity contribution in [3.05, 3.63) is 23.2 Å². The minimum absolute atomic E-state index is 0.0486. The van der Waals surface area contributed by atoms with Gasteiger partial charge in [-0.3, -0.25) is 9.00 Å². The molecular formula is C14H21ClN2O2S. The highest BCUT2D eigenvalue weighted by Crippen LogP contribution is 2.23. The smallest absolute Gasteiger partial charge is 0.239 e. The third kappa shape index (κ3) is 4.21. The molecule has 112 valence electrons. The number of rotatable bonds is 5. The van der Waals surface area contributed by atoms with E-state index < -0.39 is 16.0 Å². The molecule has 0 fully saturated rings. The maximum atomic E-state index is 12.3. The first-order valence-corrected chi connectivity index (χ1v) is 8.14. The summed E-state index contributed by atoms with van der Waals surface area (Å²) in [5.41, 5.74) is 6.65. The van der Waals surface area contributed by atoms with Crippen LogP contribution < -0.4 is 11.1 Å². The molecule has 0 radical (unpaired) electrons. The normalized spacial score (nSPS) is 15.7. The highest BCUT2D eigenvalue weighted by Gasteiger charge is 2.26. The average Bonchev–Trinajstić information content (AvgIpc) is 2.40. The SMILES string of the molecule is CC(C)C(C)S(=O)C(C)C(=O)Nc1cc(Cl)ccc1N. The predicted molar refractivity (Wildman–Crippen MR) is 86.4 cm³/mol. The zero-order chi connectivity index (χ0) is 15.4. The van der Waals surface area contributed by atoms with Crippen molar-refractivity contribution in [1.29, 1.82) is 0 Å². The first-order valence-electron chi connectivity index (χ1n) is 6.49. The van der Waals surface area contributed by atoms with E-state index in [2.05, 4.69) is 5.32 Å². The number of nitrogens with two attached hydrogens (primary N) is 1. The zero-order valence-electron chi connectivity index (χ0n) is 12.1. The van der Waals surface area contributed by atoms with Crippen molar-refractivity contribution in [2.45, 2.75) is 38.2 Å². The quantitative estimate of drug-likeness (QED) is 0.820. The Labute approximate surface area is 127 Å². The monoisotopic (exact) mass is 316 g/mol. The number of nitrogen functional groups attached to an aromatic ring is 1. The minimum Gasteiger partial charge on any atom is -0.397 e. The molecule has 0 spiro atoms. The van der Waals surface area contributed by atoms with Crippen LogP contribution in [0.4, 0.5) is 11.4 Å². The Hall–Kier alpha value is -1.07. The largest absolute Gasteiger partial charge is 0.397 e. The zero-order valence-corrected chi connectivity index (χ0v) is 13.7. The number of hydrogen-bond donors (Lipinski definition) is 2. The van der Waals surface area contributed by atoms with Gasteiger partial charge in [0.05, 0.1) is 11.4 Å². The van der Waals surface area contributed by atoms with Crippen molar-refractivity contribution in [3.8, 4) is 0 Å². The first kappa shape index (κ1) is 17.0. The summed E-state index contributed by atoms with van der Waals surface area (Å²) in [5, 5.41) is 2.51. The number of hydrogen-bond acceptors (Lipinski definition) is 3. The number of halogens is 1. The third-order valence-corrected chi connectivity index (χ3v) is 5.72. The molecular weight excluding hydrogens is 296 g/mol. The van der Waals surface area contributed by atoms with Gasteiger partial charge >= 0.3 is 0 Å². The highest BCUT2D eigenvalue weighted by molar-refractivity contribution is 7.87. The number of nitrogens with one attached hydrogen (secondary N) is 1. The number of anilines is 2. The van der Waals surface area contributed by atoms with Crippen LogP contribution >= 0.6 is 11.6 Å². The summed E-state index contributed by atoms with van der Waals surface area (Å²) < 4.78 is 12.3. The van der Waals surface area contributed by atoms with Crippen LogP contribution in [0.1, 0.15) is 27.7 Å². The maximum absolute atomic E-state index is 12.3. The molecule has 1 amide bonds. The van der Waals surface area contributed by atoms with Gasteiger partial charge in [-0.05, 0) is 31.0 Å². The van der Waals surface area contributed by atoms with Crippen molar-refractivity contribution in [2.75, 3.05) is 11.1 Å². The van der Waals surface area contributed by atoms with Gasteiger partial charge in [-0.15, -0.1) is 0 Å². The van der Waals surface area contributed by atoms with Crippen LogP contribution in [-0.4, -0.2) is 20.6 Å². The van der Waals surface area contributed by atoms with E-state index in [-0.39, 0.29) is 17.1 Å². The van der Waals surface area contributed by atoms with Crippen molar-refractivity contribution < 1.29 is 9.00 Å². The number of carbonyl (C=O) groups excluding carboxylic acids is 1. The summed E-state index contributed by atoms with van der Waals surface area (Å²) in [5.74, 6) is -0.0628. The first-order chi connectivity index (χ1) is 9.23. The second-order valence-electron chi connectivity index (χ2n) is 5.14. The van der Waals surface area contributed by atoms with Crippen LogP contribution in [-0.2, 0) is 15.6 Å². The van der Waals surface area contributed by atoms with Crippen molar-refractivity contribution >= 4 is 39.7 Å². The van der Waals surface area contributed by atoms with Crippen LogP contribution in [0.25, 0.3) is 0 Å². The molecule has 3 unspecified atom stereocenters. The van der Waals surface area contributed by atoms with Crippen molar-refractivity contribution in [1.82, 2.24) is 0 Å². The number of benzene rings is 1. The molecule has 3 atom stereocenters. The van der Waals surface area contributed by atoms with Gasteiger partial charge in [0.25, 0.3) is 0 Å². The molecule has 4 nitrogen and oxygen atoms in total. The average molecular weight is 317 g/mol. The van der Waals surface area contributed by atoms with Gasteiger partial charge in [0.15, 0.2) is 0 Å². The Kier molecular flexibility index (Phi) is 6.02. The Balaban J connectivity index is 2.80. The molecule has 1 aromatic carbocycles. The van der Waals surface area contributed by atoms with Gasteiger partial charge in [0.2, 0.25) is 5.91 Å².